The molecule has 1 aromatic heterocycles. The molecule has 1 fully saturated rings. The highest BCUT2D eigenvalue weighted by molar-refractivity contribution is 7.18. The Morgan fingerprint density at radius 2 is 2.41 bits per heavy atom. The normalized spacial score (nSPS) is 20.2. The van der Waals surface area contributed by atoms with Crippen LogP contribution in [0.25, 0.3) is 10.2 Å². The molecule has 0 spiro atoms. The average Bonchev–Trinajstić information content (AvgIpc) is 2.97. The van der Waals surface area contributed by atoms with Crippen LogP contribution in [0.15, 0.2) is 18.2 Å². The van der Waals surface area contributed by atoms with Gasteiger partial charge in [-0.2, -0.15) is 0 Å². The third kappa shape index (κ3) is 2.22. The van der Waals surface area contributed by atoms with E-state index in [4.69, 9.17) is 4.98 Å². The van der Waals surface area contributed by atoms with Crippen LogP contribution < -0.4 is 5.32 Å². The summed E-state index contributed by atoms with van der Waals surface area (Å²) >= 11 is 1.87. The lowest BCUT2D eigenvalue weighted by molar-refractivity contribution is 0.579. The number of benzene rings is 1. The number of fused-ring (bicyclic) bond motifs is 1. The zero-order valence-corrected chi connectivity index (χ0v) is 11.0. The van der Waals surface area contributed by atoms with E-state index in [2.05, 4.69) is 30.4 Å². The fourth-order valence-corrected chi connectivity index (χ4v) is 3.69. The summed E-state index contributed by atoms with van der Waals surface area (Å²) < 4.78 is 1.35. The van der Waals surface area contributed by atoms with E-state index in [0.717, 1.165) is 25.3 Å². The summed E-state index contributed by atoms with van der Waals surface area (Å²) in [5.41, 5.74) is 2.62. The van der Waals surface area contributed by atoms with Gasteiger partial charge in [0, 0.05) is 6.42 Å². The molecule has 3 rings (SSSR count). The van der Waals surface area contributed by atoms with Crippen molar-refractivity contribution in [1.82, 2.24) is 10.3 Å². The SMILES string of the molecule is CCc1cccc2sc(CC3CCNC3)nc12. The molecule has 1 atom stereocenters. The van der Waals surface area contributed by atoms with Gasteiger partial charge < -0.3 is 5.32 Å². The Morgan fingerprint density at radius 1 is 1.47 bits per heavy atom. The second-order valence-electron chi connectivity index (χ2n) is 4.79. The van der Waals surface area contributed by atoms with Crippen LogP contribution in [0.2, 0.25) is 0 Å². The molecule has 1 N–H and O–H groups in total. The molecular weight excluding hydrogens is 228 g/mol. The average molecular weight is 246 g/mol. The highest BCUT2D eigenvalue weighted by atomic mass is 32.1. The van der Waals surface area contributed by atoms with Crippen molar-refractivity contribution < 1.29 is 0 Å². The van der Waals surface area contributed by atoms with Gasteiger partial charge in [-0.1, -0.05) is 19.1 Å². The first-order valence-corrected chi connectivity index (χ1v) is 7.26. The lowest BCUT2D eigenvalue weighted by atomic mass is 10.1. The number of nitrogens with one attached hydrogen (secondary N) is 1. The van der Waals surface area contributed by atoms with Crippen molar-refractivity contribution in [2.75, 3.05) is 13.1 Å². The second kappa shape index (κ2) is 4.75. The molecule has 1 aromatic carbocycles. The predicted molar refractivity (Wildman–Crippen MR) is 73.7 cm³/mol. The van der Waals surface area contributed by atoms with Crippen molar-refractivity contribution in [2.45, 2.75) is 26.2 Å². The Hall–Kier alpha value is -0.930. The first-order chi connectivity index (χ1) is 8.36. The third-order valence-corrected chi connectivity index (χ3v) is 4.60. The van der Waals surface area contributed by atoms with E-state index < -0.39 is 0 Å². The number of aromatic nitrogens is 1. The zero-order chi connectivity index (χ0) is 11.7. The first kappa shape index (κ1) is 11.2. The maximum absolute atomic E-state index is 4.84. The highest BCUT2D eigenvalue weighted by Crippen LogP contribution is 2.27. The molecular formula is C14H18N2S. The second-order valence-corrected chi connectivity index (χ2v) is 5.90. The van der Waals surface area contributed by atoms with E-state index in [0.29, 0.717) is 0 Å². The first-order valence-electron chi connectivity index (χ1n) is 6.45. The molecule has 0 amide bonds. The van der Waals surface area contributed by atoms with Crippen LogP contribution in [0.5, 0.6) is 0 Å². The number of nitrogens with zero attached hydrogens (tertiary/aromatic N) is 1. The summed E-state index contributed by atoms with van der Waals surface area (Å²) in [4.78, 5) is 4.84. The van der Waals surface area contributed by atoms with Gasteiger partial charge in [0.15, 0.2) is 0 Å². The monoisotopic (exact) mass is 246 g/mol. The van der Waals surface area contributed by atoms with Gasteiger partial charge in [0.25, 0.3) is 0 Å². The van der Waals surface area contributed by atoms with E-state index in [1.165, 1.54) is 33.8 Å². The van der Waals surface area contributed by atoms with E-state index >= 15 is 0 Å². The summed E-state index contributed by atoms with van der Waals surface area (Å²) in [7, 11) is 0. The fraction of sp³-hybridized carbons (Fsp3) is 0.500. The van der Waals surface area contributed by atoms with Crippen LogP contribution >= 0.6 is 11.3 Å². The van der Waals surface area contributed by atoms with E-state index in [9.17, 15) is 0 Å². The van der Waals surface area contributed by atoms with Gasteiger partial charge in [-0.3, -0.25) is 0 Å². The molecule has 90 valence electrons. The van der Waals surface area contributed by atoms with Gasteiger partial charge >= 0.3 is 0 Å². The van der Waals surface area contributed by atoms with E-state index in [-0.39, 0.29) is 0 Å². The van der Waals surface area contributed by atoms with Crippen molar-refractivity contribution in [1.29, 1.82) is 0 Å². The van der Waals surface area contributed by atoms with Crippen molar-refractivity contribution in [3.63, 3.8) is 0 Å². The molecule has 0 bridgehead atoms. The van der Waals surface area contributed by atoms with Crippen molar-refractivity contribution in [3.05, 3.63) is 28.8 Å². The van der Waals surface area contributed by atoms with Crippen molar-refractivity contribution in [3.8, 4) is 0 Å². The number of para-hydroxylation sites is 1. The van der Waals surface area contributed by atoms with Gasteiger partial charge in [0.05, 0.1) is 15.2 Å². The number of hydrogen-bond donors (Lipinski definition) is 1. The fourth-order valence-electron chi connectivity index (χ4n) is 2.56. The Balaban J connectivity index is 1.90. The minimum atomic E-state index is 0.792. The Bertz CT molecular complexity index is 512. The molecule has 2 heterocycles. The largest absolute Gasteiger partial charge is 0.316 e. The summed E-state index contributed by atoms with van der Waals surface area (Å²) in [5.74, 6) is 0.792. The van der Waals surface area contributed by atoms with E-state index in [1.54, 1.807) is 0 Å². The molecule has 3 heteroatoms. The topological polar surface area (TPSA) is 24.9 Å². The van der Waals surface area contributed by atoms with Crippen LogP contribution in [-0.4, -0.2) is 18.1 Å². The van der Waals surface area contributed by atoms with Crippen molar-refractivity contribution in [2.24, 2.45) is 5.92 Å². The van der Waals surface area contributed by atoms with Crippen LogP contribution in [-0.2, 0) is 12.8 Å². The molecule has 0 radical (unpaired) electrons. The maximum atomic E-state index is 4.84. The Labute approximate surface area is 106 Å². The van der Waals surface area contributed by atoms with Gasteiger partial charge in [-0.05, 0) is 43.5 Å². The molecule has 1 saturated heterocycles. The van der Waals surface area contributed by atoms with Gasteiger partial charge in [-0.15, -0.1) is 11.3 Å². The standard InChI is InChI=1S/C14H18N2S/c1-2-11-4-3-5-12-14(11)16-13(17-12)8-10-6-7-15-9-10/h3-5,10,15H,2,6-9H2,1H3. The van der Waals surface area contributed by atoms with E-state index in [1.807, 2.05) is 11.3 Å². The Kier molecular flexibility index (Phi) is 3.12. The summed E-state index contributed by atoms with van der Waals surface area (Å²) in [6.45, 7) is 4.54. The van der Waals surface area contributed by atoms with Gasteiger partial charge in [0.2, 0.25) is 0 Å². The zero-order valence-electron chi connectivity index (χ0n) is 10.2. The molecule has 2 aromatic rings. The number of rotatable bonds is 3. The summed E-state index contributed by atoms with van der Waals surface area (Å²) in [5, 5.41) is 4.74. The molecule has 1 aliphatic rings. The van der Waals surface area contributed by atoms with Crippen LogP contribution in [0, 0.1) is 5.92 Å². The van der Waals surface area contributed by atoms with Gasteiger partial charge in [0.1, 0.15) is 0 Å². The van der Waals surface area contributed by atoms with Crippen LogP contribution in [0.4, 0.5) is 0 Å². The molecule has 2 nitrogen and oxygen atoms in total. The smallest absolute Gasteiger partial charge is 0.0942 e. The predicted octanol–water partition coefficient (Wildman–Crippen LogP) is 3.01. The van der Waals surface area contributed by atoms with Crippen molar-refractivity contribution >= 4 is 21.6 Å². The lowest BCUT2D eigenvalue weighted by Crippen LogP contribution is -2.10. The molecule has 1 aliphatic heterocycles. The Morgan fingerprint density at radius 3 is 3.18 bits per heavy atom. The number of thiazole rings is 1. The third-order valence-electron chi connectivity index (χ3n) is 3.55. The minimum absolute atomic E-state index is 0.792. The van der Waals surface area contributed by atoms with Gasteiger partial charge in [-0.25, -0.2) is 4.98 Å². The van der Waals surface area contributed by atoms with Crippen LogP contribution in [0.3, 0.4) is 0 Å². The quantitative estimate of drug-likeness (QED) is 0.900. The van der Waals surface area contributed by atoms with Crippen LogP contribution in [0.1, 0.15) is 23.9 Å². The lowest BCUT2D eigenvalue weighted by Gasteiger charge is -2.03. The minimum Gasteiger partial charge on any atom is -0.316 e. The summed E-state index contributed by atoms with van der Waals surface area (Å²) in [6.07, 6.45) is 3.53. The molecule has 17 heavy (non-hydrogen) atoms. The molecule has 1 unspecified atom stereocenters. The molecule has 0 saturated carbocycles. The summed E-state index contributed by atoms with van der Waals surface area (Å²) in [6, 6.07) is 6.55. The molecule has 0 aliphatic carbocycles. The number of hydrogen-bond acceptors (Lipinski definition) is 3. The highest BCUT2D eigenvalue weighted by Gasteiger charge is 2.17. The number of aryl methyl sites for hydroxylation is 1. The maximum Gasteiger partial charge on any atom is 0.0942 e.